The Kier molecular flexibility index (Phi) is 5.56. The second-order valence-corrected chi connectivity index (χ2v) is 10.5. The molecular weight excluding hydrogens is 476 g/mol. The number of fused-ring (bicyclic) bond motifs is 3. The Bertz CT molecular complexity index is 1550. The maximum absolute atomic E-state index is 13.0. The summed E-state index contributed by atoms with van der Waals surface area (Å²) in [6.07, 6.45) is 6.02. The lowest BCUT2D eigenvalue weighted by atomic mass is 9.91. The highest BCUT2D eigenvalue weighted by atomic mass is 16.5. The maximum atomic E-state index is 13.0. The highest BCUT2D eigenvalue weighted by Crippen LogP contribution is 2.65. The highest BCUT2D eigenvalue weighted by Gasteiger charge is 2.65. The second kappa shape index (κ2) is 9.11. The van der Waals surface area contributed by atoms with Crippen molar-refractivity contribution in [3.05, 3.63) is 88.6 Å². The van der Waals surface area contributed by atoms with E-state index in [1.54, 1.807) is 7.11 Å². The lowest BCUT2D eigenvalue weighted by Crippen LogP contribution is -2.28. The molecule has 7 rings (SSSR count). The molecule has 2 fully saturated rings. The molecule has 3 N–H and O–H groups in total. The molecule has 0 bridgehead atoms. The van der Waals surface area contributed by atoms with Crippen LogP contribution in [0.25, 0.3) is 23.1 Å². The summed E-state index contributed by atoms with van der Waals surface area (Å²) in [5.41, 5.74) is 6.84. The Balaban J connectivity index is 1.07. The smallest absolute Gasteiger partial charge is 0.235 e. The number of nitrogens with zero attached hydrogens (tertiary/aromatic N) is 1. The van der Waals surface area contributed by atoms with Gasteiger partial charge in [-0.25, -0.2) is 0 Å². The fourth-order valence-electron chi connectivity index (χ4n) is 5.98. The second-order valence-electron chi connectivity index (χ2n) is 10.5. The van der Waals surface area contributed by atoms with Gasteiger partial charge in [0.2, 0.25) is 5.91 Å². The summed E-state index contributed by atoms with van der Waals surface area (Å²) in [6.45, 7) is 2.51. The van der Waals surface area contributed by atoms with Crippen LogP contribution in [0.5, 0.6) is 5.75 Å². The molecule has 7 nitrogen and oxygen atoms in total. The van der Waals surface area contributed by atoms with Gasteiger partial charge in [-0.05, 0) is 65.4 Å². The van der Waals surface area contributed by atoms with Gasteiger partial charge in [-0.1, -0.05) is 42.5 Å². The first-order valence-corrected chi connectivity index (χ1v) is 13.2. The van der Waals surface area contributed by atoms with Crippen LogP contribution in [0.2, 0.25) is 0 Å². The molecule has 38 heavy (non-hydrogen) atoms. The number of carbonyl (C=O) groups is 1. The zero-order valence-corrected chi connectivity index (χ0v) is 21.3. The van der Waals surface area contributed by atoms with E-state index in [9.17, 15) is 4.79 Å². The summed E-state index contributed by atoms with van der Waals surface area (Å²) in [5.74, 6) is 0.987. The molecule has 2 aliphatic heterocycles. The number of ether oxygens (including phenoxy) is 2. The number of aromatic nitrogens is 2. The number of carbonyl (C=O) groups excluding carboxylic acids is 1. The third-order valence-electron chi connectivity index (χ3n) is 8.28. The van der Waals surface area contributed by atoms with E-state index in [1.165, 1.54) is 5.56 Å². The van der Waals surface area contributed by atoms with Gasteiger partial charge in [0.05, 0.1) is 30.3 Å². The molecule has 0 radical (unpaired) electrons. The lowest BCUT2D eigenvalue weighted by molar-refractivity contribution is -0.118. The van der Waals surface area contributed by atoms with Crippen molar-refractivity contribution in [3.63, 3.8) is 0 Å². The Morgan fingerprint density at radius 1 is 1.13 bits per heavy atom. The fourth-order valence-corrected chi connectivity index (χ4v) is 5.98. The van der Waals surface area contributed by atoms with Crippen LogP contribution in [-0.4, -0.2) is 42.5 Å². The van der Waals surface area contributed by atoms with Crippen LogP contribution >= 0.6 is 0 Å². The Morgan fingerprint density at radius 2 is 2.03 bits per heavy atom. The molecule has 1 saturated heterocycles. The highest BCUT2D eigenvalue weighted by molar-refractivity contribution is 6.10. The van der Waals surface area contributed by atoms with Gasteiger partial charge in [0.1, 0.15) is 5.75 Å². The van der Waals surface area contributed by atoms with E-state index in [-0.39, 0.29) is 11.8 Å². The minimum atomic E-state index is -0.507. The normalized spacial score (nSPS) is 23.9. The molecule has 3 heterocycles. The zero-order valence-electron chi connectivity index (χ0n) is 21.3. The average molecular weight is 507 g/mol. The van der Waals surface area contributed by atoms with E-state index >= 15 is 0 Å². The maximum Gasteiger partial charge on any atom is 0.235 e. The number of nitrogens with one attached hydrogen (secondary N) is 3. The van der Waals surface area contributed by atoms with Crippen LogP contribution in [0, 0.1) is 0 Å². The van der Waals surface area contributed by atoms with Gasteiger partial charge in [0.15, 0.2) is 0 Å². The van der Waals surface area contributed by atoms with Crippen molar-refractivity contribution in [1.29, 1.82) is 0 Å². The molecule has 3 aromatic carbocycles. The summed E-state index contributed by atoms with van der Waals surface area (Å²) >= 11 is 0. The number of amides is 1. The van der Waals surface area contributed by atoms with Gasteiger partial charge in [0.25, 0.3) is 0 Å². The van der Waals surface area contributed by atoms with Crippen molar-refractivity contribution in [2.75, 3.05) is 25.6 Å². The molecule has 1 saturated carbocycles. The number of H-pyrrole nitrogens is 1. The number of anilines is 1. The fraction of sp³-hybridized carbons (Fsp3) is 0.290. The number of hydrogen-bond donors (Lipinski definition) is 3. The first-order chi connectivity index (χ1) is 18.6. The van der Waals surface area contributed by atoms with Crippen molar-refractivity contribution in [2.24, 2.45) is 0 Å². The summed E-state index contributed by atoms with van der Waals surface area (Å²) < 4.78 is 10.9. The van der Waals surface area contributed by atoms with Crippen LogP contribution in [0.4, 0.5) is 5.69 Å². The minimum Gasteiger partial charge on any atom is -0.497 e. The number of methoxy groups -OCH3 is 1. The van der Waals surface area contributed by atoms with Crippen molar-refractivity contribution in [1.82, 2.24) is 15.5 Å². The van der Waals surface area contributed by atoms with Crippen molar-refractivity contribution < 1.29 is 14.3 Å². The van der Waals surface area contributed by atoms with Crippen molar-refractivity contribution >= 4 is 34.6 Å². The van der Waals surface area contributed by atoms with E-state index in [0.717, 1.165) is 77.3 Å². The van der Waals surface area contributed by atoms with E-state index in [2.05, 4.69) is 69.4 Å². The predicted molar refractivity (Wildman–Crippen MR) is 148 cm³/mol. The SMILES string of the molecule is COc1ccc2c(c1)[C@]1(C[C@H]1c1ccc3c(/C=C/c4ccc(CN[C@H]5CCOC5)cc4)n[nH]c3c1)C(=O)N2. The van der Waals surface area contributed by atoms with Crippen molar-refractivity contribution in [3.8, 4) is 5.75 Å². The molecule has 1 aromatic heterocycles. The molecule has 4 aromatic rings. The number of aromatic amines is 1. The van der Waals surface area contributed by atoms with Gasteiger partial charge in [0, 0.05) is 36.2 Å². The predicted octanol–water partition coefficient (Wildman–Crippen LogP) is 5.00. The van der Waals surface area contributed by atoms with E-state index in [4.69, 9.17) is 9.47 Å². The zero-order chi connectivity index (χ0) is 25.7. The van der Waals surface area contributed by atoms with Crippen molar-refractivity contribution in [2.45, 2.75) is 36.8 Å². The molecule has 0 unspecified atom stereocenters. The van der Waals surface area contributed by atoms with Gasteiger partial charge in [-0.2, -0.15) is 5.10 Å². The van der Waals surface area contributed by atoms with Gasteiger partial charge < -0.3 is 20.1 Å². The Labute approximate surface area is 221 Å². The first-order valence-electron chi connectivity index (χ1n) is 13.2. The molecular formula is C31H30N4O3. The van der Waals surface area contributed by atoms with Crippen LogP contribution in [0.15, 0.2) is 60.7 Å². The molecule has 1 amide bonds. The van der Waals surface area contributed by atoms with Gasteiger partial charge >= 0.3 is 0 Å². The molecule has 3 aliphatic rings. The molecule has 7 heteroatoms. The Hall–Kier alpha value is -3.94. The summed E-state index contributed by atoms with van der Waals surface area (Å²) in [5, 5.41) is 15.4. The van der Waals surface area contributed by atoms with Crippen LogP contribution in [0.3, 0.4) is 0 Å². The lowest BCUT2D eigenvalue weighted by Gasteiger charge is -2.10. The molecule has 192 valence electrons. The molecule has 1 spiro atoms. The third-order valence-corrected chi connectivity index (χ3v) is 8.28. The first kappa shape index (κ1) is 23.2. The summed E-state index contributed by atoms with van der Waals surface area (Å²) in [6, 6.07) is 21.3. The standard InChI is InChI=1S/C31H30N4O3/c1-37-23-8-11-28-25(15-23)31(30(36)33-28)16-26(31)21-7-9-24-27(34-35-29(24)14-21)10-6-19-2-4-20(5-3-19)17-32-22-12-13-38-18-22/h2-11,14-15,22,26,32H,12-13,16-18H2,1H3,(H,33,36)(H,34,35)/b10-6+/t22-,26-,31-/m0/s1. The minimum absolute atomic E-state index is 0.0773. The Morgan fingerprint density at radius 3 is 2.84 bits per heavy atom. The van der Waals surface area contributed by atoms with E-state index in [0.29, 0.717) is 6.04 Å². The quantitative estimate of drug-likeness (QED) is 0.328. The average Bonchev–Trinajstić information content (AvgIpc) is 3.20. The molecule has 3 atom stereocenters. The van der Waals surface area contributed by atoms with Crippen LogP contribution in [-0.2, 0) is 21.5 Å². The molecule has 1 aliphatic carbocycles. The number of benzene rings is 3. The monoisotopic (exact) mass is 506 g/mol. The van der Waals surface area contributed by atoms with Gasteiger partial charge in [-0.3, -0.25) is 9.89 Å². The number of rotatable bonds is 7. The largest absolute Gasteiger partial charge is 0.497 e. The summed E-state index contributed by atoms with van der Waals surface area (Å²) in [7, 11) is 1.65. The third kappa shape index (κ3) is 3.90. The van der Waals surface area contributed by atoms with E-state index in [1.807, 2.05) is 24.3 Å². The number of hydrogen-bond acceptors (Lipinski definition) is 5. The summed E-state index contributed by atoms with van der Waals surface area (Å²) in [4.78, 5) is 13.0. The van der Waals surface area contributed by atoms with Gasteiger partial charge in [-0.15, -0.1) is 0 Å². The van der Waals surface area contributed by atoms with Crippen LogP contribution < -0.4 is 15.4 Å². The van der Waals surface area contributed by atoms with Crippen LogP contribution in [0.1, 0.15) is 46.7 Å². The topological polar surface area (TPSA) is 88.3 Å². The van der Waals surface area contributed by atoms with E-state index < -0.39 is 5.41 Å².